The van der Waals surface area contributed by atoms with Gasteiger partial charge in [-0.3, -0.25) is 4.79 Å². The van der Waals surface area contributed by atoms with Crippen molar-refractivity contribution in [2.45, 2.75) is 62.7 Å². The SMILES string of the molecule is C[C@@H](OC[C@H]1NCC(O)(CCC(N)=O)CCC2C=CC=CC21)c1cc(C(F)(F)F)cc(C(F)(F)F)c1. The van der Waals surface area contributed by atoms with Crippen molar-refractivity contribution in [3.63, 3.8) is 0 Å². The Morgan fingerprint density at radius 3 is 2.33 bits per heavy atom. The summed E-state index contributed by atoms with van der Waals surface area (Å²) in [6.07, 6.45) is -2.01. The highest BCUT2D eigenvalue weighted by atomic mass is 19.4. The van der Waals surface area contributed by atoms with Crippen LogP contribution < -0.4 is 11.1 Å². The smallest absolute Gasteiger partial charge is 0.389 e. The molecule has 0 radical (unpaired) electrons. The topological polar surface area (TPSA) is 84.6 Å². The number of nitrogens with two attached hydrogens (primary N) is 1. The number of amides is 1. The third-order valence-electron chi connectivity index (χ3n) is 6.84. The fourth-order valence-corrected chi connectivity index (χ4v) is 4.67. The molecule has 3 rings (SSSR count). The molecule has 0 aromatic heterocycles. The number of hydrogen-bond acceptors (Lipinski definition) is 4. The zero-order valence-corrected chi connectivity index (χ0v) is 19.7. The molecule has 1 aliphatic heterocycles. The van der Waals surface area contributed by atoms with Crippen molar-refractivity contribution in [1.82, 2.24) is 5.32 Å². The lowest BCUT2D eigenvalue weighted by Gasteiger charge is -2.40. The maximum absolute atomic E-state index is 13.2. The number of primary amides is 1. The molecule has 1 fully saturated rings. The second-order valence-corrected chi connectivity index (χ2v) is 9.54. The number of allylic oxidation sites excluding steroid dienone is 3. The lowest BCUT2D eigenvalue weighted by Crippen LogP contribution is -2.52. The number of carbonyl (C=O) groups excluding carboxylic acids is 1. The van der Waals surface area contributed by atoms with Crippen molar-refractivity contribution < 1.29 is 41.0 Å². The average Bonchev–Trinajstić information content (AvgIpc) is 2.79. The molecule has 1 amide bonds. The Labute approximate surface area is 205 Å². The third kappa shape index (κ3) is 7.33. The largest absolute Gasteiger partial charge is 0.416 e. The van der Waals surface area contributed by atoms with Crippen LogP contribution >= 0.6 is 0 Å². The third-order valence-corrected chi connectivity index (χ3v) is 6.84. The molecular weight excluding hydrogens is 490 g/mol. The van der Waals surface area contributed by atoms with Crippen LogP contribution in [0.4, 0.5) is 26.3 Å². The molecule has 1 saturated heterocycles. The van der Waals surface area contributed by atoms with E-state index in [9.17, 15) is 36.2 Å². The summed E-state index contributed by atoms with van der Waals surface area (Å²) < 4.78 is 85.3. The number of fused-ring (bicyclic) bond motifs is 1. The van der Waals surface area contributed by atoms with Crippen LogP contribution in [0.5, 0.6) is 0 Å². The first kappa shape index (κ1) is 28.2. The minimum absolute atomic E-state index is 0.0112. The predicted octanol–water partition coefficient (Wildman–Crippen LogP) is 4.91. The minimum atomic E-state index is -4.95. The van der Waals surface area contributed by atoms with Gasteiger partial charge in [0.25, 0.3) is 0 Å². The summed E-state index contributed by atoms with van der Waals surface area (Å²) in [5.74, 6) is -0.566. The number of halogens is 6. The summed E-state index contributed by atoms with van der Waals surface area (Å²) in [6.45, 7) is 1.51. The van der Waals surface area contributed by atoms with Crippen LogP contribution in [0.15, 0.2) is 42.5 Å². The molecule has 0 saturated carbocycles. The maximum atomic E-state index is 13.2. The number of nitrogens with one attached hydrogen (secondary N) is 1. The second-order valence-electron chi connectivity index (χ2n) is 9.54. The van der Waals surface area contributed by atoms with E-state index < -0.39 is 41.1 Å². The van der Waals surface area contributed by atoms with Gasteiger partial charge in [0.05, 0.1) is 29.4 Å². The minimum Gasteiger partial charge on any atom is -0.389 e. The van der Waals surface area contributed by atoms with Gasteiger partial charge in [0.2, 0.25) is 5.91 Å². The van der Waals surface area contributed by atoms with Gasteiger partial charge in [-0.1, -0.05) is 24.3 Å². The van der Waals surface area contributed by atoms with Gasteiger partial charge in [-0.05, 0) is 55.9 Å². The van der Waals surface area contributed by atoms with Gasteiger partial charge in [-0.15, -0.1) is 0 Å². The Balaban J connectivity index is 1.78. The monoisotopic (exact) mass is 520 g/mol. The molecule has 4 N–H and O–H groups in total. The fourth-order valence-electron chi connectivity index (χ4n) is 4.67. The molecule has 1 aliphatic carbocycles. The Hall–Kier alpha value is -2.37. The number of carbonyl (C=O) groups is 1. The average molecular weight is 521 g/mol. The fraction of sp³-hybridized carbons (Fsp3) is 0.560. The van der Waals surface area contributed by atoms with E-state index >= 15 is 0 Å². The predicted molar refractivity (Wildman–Crippen MR) is 120 cm³/mol. The number of aliphatic hydroxyl groups is 1. The van der Waals surface area contributed by atoms with Crippen LogP contribution in [0.2, 0.25) is 0 Å². The van der Waals surface area contributed by atoms with E-state index in [1.165, 1.54) is 6.92 Å². The van der Waals surface area contributed by atoms with E-state index in [0.717, 1.165) is 0 Å². The zero-order chi connectivity index (χ0) is 26.7. The lowest BCUT2D eigenvalue weighted by molar-refractivity contribution is -0.143. The van der Waals surface area contributed by atoms with Crippen LogP contribution in [0.1, 0.15) is 55.4 Å². The normalized spacial score (nSPS) is 27.7. The van der Waals surface area contributed by atoms with Gasteiger partial charge in [0.15, 0.2) is 0 Å². The number of alkyl halides is 6. The molecule has 1 aromatic rings. The summed E-state index contributed by atoms with van der Waals surface area (Å²) in [5.41, 5.74) is 1.01. The van der Waals surface area contributed by atoms with Crippen LogP contribution in [-0.2, 0) is 21.9 Å². The molecule has 5 atom stereocenters. The number of hydrogen-bond donors (Lipinski definition) is 3. The summed E-state index contributed by atoms with van der Waals surface area (Å²) >= 11 is 0. The maximum Gasteiger partial charge on any atom is 0.416 e. The molecule has 1 heterocycles. The van der Waals surface area contributed by atoms with Crippen molar-refractivity contribution in [3.8, 4) is 0 Å². The molecular formula is C25H30F6N2O3. The van der Waals surface area contributed by atoms with Gasteiger partial charge in [-0.25, -0.2) is 0 Å². The van der Waals surface area contributed by atoms with Crippen LogP contribution in [-0.4, -0.2) is 35.8 Å². The van der Waals surface area contributed by atoms with Crippen LogP contribution in [0.25, 0.3) is 0 Å². The zero-order valence-electron chi connectivity index (χ0n) is 19.7. The second kappa shape index (κ2) is 10.9. The highest BCUT2D eigenvalue weighted by molar-refractivity contribution is 5.73. The van der Waals surface area contributed by atoms with E-state index in [2.05, 4.69) is 5.32 Å². The van der Waals surface area contributed by atoms with Crippen molar-refractivity contribution in [2.75, 3.05) is 13.2 Å². The molecule has 1 aromatic carbocycles. The van der Waals surface area contributed by atoms with E-state index in [0.29, 0.717) is 25.0 Å². The molecule has 36 heavy (non-hydrogen) atoms. The first-order valence-corrected chi connectivity index (χ1v) is 11.7. The molecule has 5 nitrogen and oxygen atoms in total. The van der Waals surface area contributed by atoms with Crippen molar-refractivity contribution in [3.05, 3.63) is 59.2 Å². The first-order chi connectivity index (χ1) is 16.7. The number of ether oxygens (including phenoxy) is 1. The van der Waals surface area contributed by atoms with E-state index in [1.54, 1.807) is 0 Å². The quantitative estimate of drug-likeness (QED) is 0.446. The van der Waals surface area contributed by atoms with Crippen LogP contribution in [0.3, 0.4) is 0 Å². The molecule has 0 bridgehead atoms. The Kier molecular flexibility index (Phi) is 8.57. The van der Waals surface area contributed by atoms with Crippen LogP contribution in [0, 0.1) is 11.8 Å². The van der Waals surface area contributed by atoms with Gasteiger partial charge in [-0.2, -0.15) is 26.3 Å². The van der Waals surface area contributed by atoms with Gasteiger partial charge < -0.3 is 20.9 Å². The van der Waals surface area contributed by atoms with E-state index in [4.69, 9.17) is 10.5 Å². The van der Waals surface area contributed by atoms with E-state index in [-0.39, 0.29) is 55.5 Å². The summed E-state index contributed by atoms with van der Waals surface area (Å²) in [6, 6.07) is 1.04. The van der Waals surface area contributed by atoms with Gasteiger partial charge in [0.1, 0.15) is 0 Å². The number of β-amino-alcohol motifs (C(OH)–C–C–N with tert-alkyl or cyclic N) is 1. The van der Waals surface area contributed by atoms with E-state index in [1.807, 2.05) is 24.3 Å². The summed E-state index contributed by atoms with van der Waals surface area (Å²) in [5, 5.41) is 14.3. The lowest BCUT2D eigenvalue weighted by atomic mass is 9.75. The number of benzene rings is 1. The van der Waals surface area contributed by atoms with Gasteiger partial charge >= 0.3 is 12.4 Å². The molecule has 2 aliphatic rings. The Bertz CT molecular complexity index is 959. The summed E-state index contributed by atoms with van der Waals surface area (Å²) in [7, 11) is 0. The molecule has 3 unspecified atom stereocenters. The van der Waals surface area contributed by atoms with Crippen molar-refractivity contribution in [1.29, 1.82) is 0 Å². The van der Waals surface area contributed by atoms with Crippen molar-refractivity contribution in [2.24, 2.45) is 17.6 Å². The highest BCUT2D eigenvalue weighted by Gasteiger charge is 2.39. The standard InChI is InChI=1S/C25H30F6N2O3/c1-15(17-10-18(24(26,27)28)12-19(11-17)25(29,30)31)36-13-21-20-5-3-2-4-16(20)6-8-23(35,14-33-21)9-7-22(32)34/h2-5,10-12,15-16,20-21,33,35H,6-9,13-14H2,1H3,(H2,32,34)/t15-,16?,20?,21-,23?/m1/s1. The summed E-state index contributed by atoms with van der Waals surface area (Å²) in [4.78, 5) is 11.2. The number of rotatable bonds is 7. The molecule has 0 spiro atoms. The molecule has 200 valence electrons. The Morgan fingerprint density at radius 1 is 1.14 bits per heavy atom. The Morgan fingerprint density at radius 2 is 1.75 bits per heavy atom. The highest BCUT2D eigenvalue weighted by Crippen LogP contribution is 2.38. The molecule has 11 heteroatoms. The van der Waals surface area contributed by atoms with Gasteiger partial charge in [0, 0.05) is 24.9 Å². The van der Waals surface area contributed by atoms with Crippen molar-refractivity contribution >= 4 is 5.91 Å². The first-order valence-electron chi connectivity index (χ1n) is 11.7.